The van der Waals surface area contributed by atoms with Gasteiger partial charge in [-0.1, -0.05) is 17.7 Å². The van der Waals surface area contributed by atoms with E-state index in [1.165, 1.54) is 5.56 Å². The van der Waals surface area contributed by atoms with Crippen LogP contribution in [0.3, 0.4) is 0 Å². The molecule has 1 aromatic carbocycles. The zero-order chi connectivity index (χ0) is 7.40. The Bertz CT molecular complexity index is 196. The molecule has 0 atom stereocenters. The van der Waals surface area contributed by atoms with E-state index in [0.717, 1.165) is 5.69 Å². The molecular weight excluding hydrogens is 142 g/mol. The number of rotatable bonds is 2. The molecule has 0 fully saturated rings. The predicted molar refractivity (Wildman–Crippen MR) is 45.5 cm³/mol. The van der Waals surface area contributed by atoms with Crippen molar-refractivity contribution in [2.75, 3.05) is 12.0 Å². The molecule has 1 rings (SSSR count). The van der Waals surface area contributed by atoms with Crippen molar-refractivity contribution in [1.29, 1.82) is 0 Å². The van der Waals surface area contributed by atoms with Crippen LogP contribution < -0.4 is 5.32 Å². The second-order valence-electron chi connectivity index (χ2n) is 2.20. The van der Waals surface area contributed by atoms with Crippen LogP contribution in [-0.2, 0) is 0 Å². The molecular formula is C8H13NO2. The number of aryl methyl sites for hydroxylation is 1. The van der Waals surface area contributed by atoms with Crippen LogP contribution in [0.4, 0.5) is 5.69 Å². The van der Waals surface area contributed by atoms with Gasteiger partial charge >= 0.3 is 0 Å². The van der Waals surface area contributed by atoms with Crippen molar-refractivity contribution in [2.24, 2.45) is 0 Å². The summed E-state index contributed by atoms with van der Waals surface area (Å²) in [4.78, 5) is 0. The van der Waals surface area contributed by atoms with Crippen LogP contribution in [0.15, 0.2) is 24.3 Å². The van der Waals surface area contributed by atoms with Crippen molar-refractivity contribution in [3.63, 3.8) is 0 Å². The van der Waals surface area contributed by atoms with Crippen molar-refractivity contribution in [3.05, 3.63) is 29.8 Å². The average molecular weight is 155 g/mol. The van der Waals surface area contributed by atoms with Gasteiger partial charge in [-0.05, 0) is 19.1 Å². The molecule has 1 aromatic rings. The maximum absolute atomic E-state index is 8.48. The number of anilines is 1. The third kappa shape index (κ3) is 3.02. The minimum absolute atomic E-state index is 0. The van der Waals surface area contributed by atoms with Crippen LogP contribution in [0.2, 0.25) is 0 Å². The first-order chi connectivity index (χ1) is 4.83. The Morgan fingerprint density at radius 2 is 1.82 bits per heavy atom. The summed E-state index contributed by atoms with van der Waals surface area (Å²) in [5.41, 5.74) is 2.18. The minimum atomic E-state index is -0.0109. The molecule has 0 radical (unpaired) electrons. The van der Waals surface area contributed by atoms with Crippen molar-refractivity contribution < 1.29 is 10.6 Å². The summed E-state index contributed by atoms with van der Waals surface area (Å²) in [5, 5.41) is 11.3. The van der Waals surface area contributed by atoms with Crippen LogP contribution in [-0.4, -0.2) is 17.3 Å². The van der Waals surface area contributed by atoms with Crippen LogP contribution in [0, 0.1) is 6.92 Å². The molecule has 3 heteroatoms. The van der Waals surface area contributed by atoms with Gasteiger partial charge in [0.15, 0.2) is 0 Å². The van der Waals surface area contributed by atoms with E-state index in [-0.39, 0.29) is 12.2 Å². The number of benzene rings is 1. The first-order valence-electron chi connectivity index (χ1n) is 3.24. The summed E-state index contributed by atoms with van der Waals surface area (Å²) >= 11 is 0. The number of nitrogens with one attached hydrogen (secondary N) is 1. The van der Waals surface area contributed by atoms with E-state index in [9.17, 15) is 0 Å². The normalized spacial score (nSPS) is 8.55. The van der Waals surface area contributed by atoms with E-state index in [1.54, 1.807) is 0 Å². The van der Waals surface area contributed by atoms with E-state index in [1.807, 2.05) is 31.2 Å². The van der Waals surface area contributed by atoms with Crippen LogP contribution in [0.5, 0.6) is 0 Å². The Balaban J connectivity index is 0.000001000. The minimum Gasteiger partial charge on any atom is -0.412 e. The molecule has 11 heavy (non-hydrogen) atoms. The van der Waals surface area contributed by atoms with Crippen molar-refractivity contribution >= 4 is 5.69 Å². The van der Waals surface area contributed by atoms with Crippen molar-refractivity contribution in [1.82, 2.24) is 0 Å². The lowest BCUT2D eigenvalue weighted by Gasteiger charge is -2.00. The van der Waals surface area contributed by atoms with E-state index >= 15 is 0 Å². The standard InChI is InChI=1S/C8H11NO.H2O/c1-7-2-4-8(5-3-7)9-6-10;/h2-5,9-10H,6H2,1H3;1H2. The lowest BCUT2D eigenvalue weighted by atomic mass is 10.2. The van der Waals surface area contributed by atoms with Gasteiger partial charge in [0.2, 0.25) is 0 Å². The van der Waals surface area contributed by atoms with Crippen molar-refractivity contribution in [3.8, 4) is 0 Å². The maximum Gasteiger partial charge on any atom is 0.113 e. The highest BCUT2D eigenvalue weighted by molar-refractivity contribution is 5.43. The zero-order valence-corrected chi connectivity index (χ0v) is 6.46. The molecule has 0 heterocycles. The van der Waals surface area contributed by atoms with E-state index in [2.05, 4.69) is 5.32 Å². The monoisotopic (exact) mass is 155 g/mol. The lowest BCUT2D eigenvalue weighted by Crippen LogP contribution is -1.98. The highest BCUT2D eigenvalue weighted by Crippen LogP contribution is 2.06. The molecule has 0 amide bonds. The molecule has 62 valence electrons. The molecule has 3 nitrogen and oxygen atoms in total. The van der Waals surface area contributed by atoms with Crippen LogP contribution in [0.25, 0.3) is 0 Å². The molecule has 0 unspecified atom stereocenters. The Morgan fingerprint density at radius 3 is 2.27 bits per heavy atom. The average Bonchev–Trinajstić information content (AvgIpc) is 1.95. The molecule has 0 aliphatic heterocycles. The quantitative estimate of drug-likeness (QED) is 0.612. The molecule has 0 bridgehead atoms. The van der Waals surface area contributed by atoms with Crippen LogP contribution in [0.1, 0.15) is 5.56 Å². The van der Waals surface area contributed by atoms with Gasteiger partial charge in [-0.25, -0.2) is 0 Å². The largest absolute Gasteiger partial charge is 0.412 e. The second-order valence-corrected chi connectivity index (χ2v) is 2.20. The first kappa shape index (κ1) is 9.94. The Kier molecular flexibility index (Phi) is 4.26. The van der Waals surface area contributed by atoms with Gasteiger partial charge in [0, 0.05) is 5.69 Å². The predicted octanol–water partition coefficient (Wildman–Crippen LogP) is 0.532. The summed E-state index contributed by atoms with van der Waals surface area (Å²) in [6.07, 6.45) is 0. The molecule has 4 N–H and O–H groups in total. The molecule has 0 saturated heterocycles. The fourth-order valence-corrected chi connectivity index (χ4v) is 0.763. The molecule has 0 aliphatic rings. The summed E-state index contributed by atoms with van der Waals surface area (Å²) in [5.74, 6) is 0. The molecule has 0 saturated carbocycles. The molecule has 0 aliphatic carbocycles. The van der Waals surface area contributed by atoms with E-state index in [4.69, 9.17) is 5.11 Å². The Hall–Kier alpha value is -1.06. The third-order valence-corrected chi connectivity index (χ3v) is 1.33. The van der Waals surface area contributed by atoms with E-state index < -0.39 is 0 Å². The number of hydrogen-bond donors (Lipinski definition) is 2. The fraction of sp³-hybridized carbons (Fsp3) is 0.250. The highest BCUT2D eigenvalue weighted by Gasteiger charge is 1.86. The van der Waals surface area contributed by atoms with Crippen LogP contribution >= 0.6 is 0 Å². The number of hydrogen-bond acceptors (Lipinski definition) is 2. The van der Waals surface area contributed by atoms with E-state index in [0.29, 0.717) is 0 Å². The molecule has 0 spiro atoms. The van der Waals surface area contributed by atoms with Gasteiger partial charge in [-0.2, -0.15) is 0 Å². The van der Waals surface area contributed by atoms with Gasteiger partial charge in [0.25, 0.3) is 0 Å². The van der Waals surface area contributed by atoms with Gasteiger partial charge in [0.05, 0.1) is 0 Å². The van der Waals surface area contributed by atoms with Gasteiger partial charge in [-0.15, -0.1) is 0 Å². The summed E-state index contributed by atoms with van der Waals surface area (Å²) in [6, 6.07) is 7.87. The second kappa shape index (κ2) is 4.71. The fourth-order valence-electron chi connectivity index (χ4n) is 0.763. The summed E-state index contributed by atoms with van der Waals surface area (Å²) in [7, 11) is 0. The van der Waals surface area contributed by atoms with Gasteiger partial charge < -0.3 is 15.9 Å². The van der Waals surface area contributed by atoms with Crippen molar-refractivity contribution in [2.45, 2.75) is 6.92 Å². The lowest BCUT2D eigenvalue weighted by molar-refractivity contribution is 0.325. The smallest absolute Gasteiger partial charge is 0.113 e. The Labute approximate surface area is 66.0 Å². The third-order valence-electron chi connectivity index (χ3n) is 1.33. The number of aliphatic hydroxyl groups excluding tert-OH is 1. The SMILES string of the molecule is Cc1ccc(NCO)cc1.O. The van der Waals surface area contributed by atoms with Gasteiger partial charge in [-0.3, -0.25) is 0 Å². The number of aliphatic hydroxyl groups is 1. The zero-order valence-electron chi connectivity index (χ0n) is 6.46. The Morgan fingerprint density at radius 1 is 1.27 bits per heavy atom. The summed E-state index contributed by atoms with van der Waals surface area (Å²) in [6.45, 7) is 2.02. The molecule has 0 aromatic heterocycles. The van der Waals surface area contributed by atoms with Gasteiger partial charge in [0.1, 0.15) is 6.73 Å². The topological polar surface area (TPSA) is 63.8 Å². The first-order valence-corrected chi connectivity index (χ1v) is 3.24. The summed E-state index contributed by atoms with van der Waals surface area (Å²) < 4.78 is 0. The highest BCUT2D eigenvalue weighted by atomic mass is 16.3. The maximum atomic E-state index is 8.48.